The number of para-hydroxylation sites is 1. The van der Waals surface area contributed by atoms with Crippen LogP contribution in [0.2, 0.25) is 5.22 Å². The van der Waals surface area contributed by atoms with E-state index in [1.165, 1.54) is 6.26 Å². The lowest BCUT2D eigenvalue weighted by Gasteiger charge is -2.30. The summed E-state index contributed by atoms with van der Waals surface area (Å²) in [6.07, 6.45) is 3.28. The highest BCUT2D eigenvalue weighted by molar-refractivity contribution is 6.33. The monoisotopic (exact) mass is 291 g/mol. The van der Waals surface area contributed by atoms with Gasteiger partial charge in [0.1, 0.15) is 5.75 Å². The number of hydrogen-bond acceptors (Lipinski definition) is 3. The normalized spacial score (nSPS) is 14.0. The molecule has 0 aliphatic carbocycles. The Balaban J connectivity index is 2.06. The number of rotatable bonds is 2. The third-order valence-electron chi connectivity index (χ3n) is 3.49. The van der Waals surface area contributed by atoms with E-state index in [1.807, 2.05) is 18.2 Å². The van der Waals surface area contributed by atoms with Crippen LogP contribution in [0.15, 0.2) is 34.9 Å². The van der Waals surface area contributed by atoms with Crippen molar-refractivity contribution in [3.05, 3.63) is 46.9 Å². The summed E-state index contributed by atoms with van der Waals surface area (Å²) in [6.45, 7) is 0.647. The van der Waals surface area contributed by atoms with Crippen LogP contribution in [-0.4, -0.2) is 19.6 Å². The van der Waals surface area contributed by atoms with Crippen LogP contribution in [0, 0.1) is 0 Å². The van der Waals surface area contributed by atoms with E-state index in [0.717, 1.165) is 24.1 Å². The molecule has 2 heterocycles. The van der Waals surface area contributed by atoms with E-state index in [9.17, 15) is 4.79 Å². The van der Waals surface area contributed by atoms with Crippen molar-refractivity contribution in [2.24, 2.45) is 0 Å². The van der Waals surface area contributed by atoms with Gasteiger partial charge in [-0.15, -0.1) is 0 Å². The van der Waals surface area contributed by atoms with Crippen molar-refractivity contribution < 1.29 is 13.9 Å². The Kier molecular flexibility index (Phi) is 3.40. The minimum absolute atomic E-state index is 0.122. The smallest absolute Gasteiger partial charge is 0.263 e. The molecule has 1 aliphatic rings. The number of anilines is 1. The van der Waals surface area contributed by atoms with Gasteiger partial charge in [-0.05, 0) is 42.1 Å². The van der Waals surface area contributed by atoms with Crippen LogP contribution in [0.3, 0.4) is 0 Å². The zero-order chi connectivity index (χ0) is 14.1. The van der Waals surface area contributed by atoms with Crippen molar-refractivity contribution in [3.8, 4) is 5.75 Å². The second-order valence-electron chi connectivity index (χ2n) is 4.64. The predicted molar refractivity (Wildman–Crippen MR) is 76.7 cm³/mol. The molecule has 0 unspecified atom stereocenters. The molecule has 3 rings (SSSR count). The summed E-state index contributed by atoms with van der Waals surface area (Å²) in [5.74, 6) is 0.546. The maximum absolute atomic E-state index is 12.6. The van der Waals surface area contributed by atoms with Gasteiger partial charge < -0.3 is 14.1 Å². The molecule has 1 aromatic heterocycles. The highest BCUT2D eigenvalue weighted by Gasteiger charge is 2.28. The van der Waals surface area contributed by atoms with Crippen LogP contribution in [0.4, 0.5) is 5.69 Å². The number of ether oxygens (including phenoxy) is 1. The molecule has 4 nitrogen and oxygen atoms in total. The maximum Gasteiger partial charge on any atom is 0.263 e. The summed E-state index contributed by atoms with van der Waals surface area (Å²) >= 11 is 5.91. The number of carbonyl (C=O) groups excluding carboxylic acids is 1. The molecule has 0 N–H and O–H groups in total. The first-order valence-corrected chi connectivity index (χ1v) is 6.81. The van der Waals surface area contributed by atoms with Gasteiger partial charge >= 0.3 is 0 Å². The fourth-order valence-electron chi connectivity index (χ4n) is 2.57. The maximum atomic E-state index is 12.6. The number of furan rings is 1. The third kappa shape index (κ3) is 2.06. The largest absolute Gasteiger partial charge is 0.495 e. The fraction of sp³-hybridized carbons (Fsp3) is 0.267. The molecule has 1 aliphatic heterocycles. The summed E-state index contributed by atoms with van der Waals surface area (Å²) in [4.78, 5) is 14.4. The van der Waals surface area contributed by atoms with Gasteiger partial charge in [0.25, 0.3) is 5.91 Å². The molecule has 1 aromatic carbocycles. The van der Waals surface area contributed by atoms with E-state index < -0.39 is 0 Å². The average molecular weight is 292 g/mol. The number of hydrogen-bond donors (Lipinski definition) is 0. The van der Waals surface area contributed by atoms with Crippen molar-refractivity contribution in [1.82, 2.24) is 0 Å². The Morgan fingerprint density at radius 1 is 1.40 bits per heavy atom. The Labute approximate surface area is 121 Å². The minimum atomic E-state index is -0.158. The SMILES string of the molecule is COc1cccc2c1N(C(=O)c1ccoc1Cl)CCC2. The van der Waals surface area contributed by atoms with Gasteiger partial charge in [0, 0.05) is 6.54 Å². The molecule has 2 aromatic rings. The zero-order valence-electron chi connectivity index (χ0n) is 11.1. The van der Waals surface area contributed by atoms with Crippen molar-refractivity contribution in [2.45, 2.75) is 12.8 Å². The lowest BCUT2D eigenvalue weighted by atomic mass is 10.0. The van der Waals surface area contributed by atoms with E-state index in [1.54, 1.807) is 18.1 Å². The van der Waals surface area contributed by atoms with Gasteiger partial charge in [-0.2, -0.15) is 0 Å². The number of amides is 1. The Morgan fingerprint density at radius 3 is 2.95 bits per heavy atom. The molecule has 20 heavy (non-hydrogen) atoms. The average Bonchev–Trinajstić information content (AvgIpc) is 2.91. The Morgan fingerprint density at radius 2 is 2.25 bits per heavy atom. The lowest BCUT2D eigenvalue weighted by Crippen LogP contribution is -2.35. The van der Waals surface area contributed by atoms with Crippen molar-refractivity contribution in [1.29, 1.82) is 0 Å². The number of fused-ring (bicyclic) bond motifs is 1. The molecule has 0 saturated carbocycles. The first kappa shape index (κ1) is 13.1. The second-order valence-corrected chi connectivity index (χ2v) is 4.98. The molecule has 0 atom stereocenters. The summed E-state index contributed by atoms with van der Waals surface area (Å²) in [6, 6.07) is 7.42. The van der Waals surface area contributed by atoms with Crippen LogP contribution < -0.4 is 9.64 Å². The van der Waals surface area contributed by atoms with Gasteiger partial charge in [0.05, 0.1) is 24.6 Å². The van der Waals surface area contributed by atoms with Crippen LogP contribution in [0.25, 0.3) is 0 Å². The van der Waals surface area contributed by atoms with E-state index in [2.05, 4.69) is 0 Å². The van der Waals surface area contributed by atoms with E-state index in [4.69, 9.17) is 20.8 Å². The summed E-state index contributed by atoms with van der Waals surface area (Å²) in [5, 5.41) is 0.122. The topological polar surface area (TPSA) is 42.7 Å². The van der Waals surface area contributed by atoms with Gasteiger partial charge in [-0.3, -0.25) is 4.79 Å². The number of carbonyl (C=O) groups is 1. The molecule has 0 bridgehead atoms. The summed E-state index contributed by atoms with van der Waals surface area (Å²) in [5.41, 5.74) is 2.33. The van der Waals surface area contributed by atoms with Crippen LogP contribution in [0.1, 0.15) is 22.3 Å². The van der Waals surface area contributed by atoms with Crippen LogP contribution in [-0.2, 0) is 6.42 Å². The summed E-state index contributed by atoms with van der Waals surface area (Å²) in [7, 11) is 1.61. The predicted octanol–water partition coefficient (Wildman–Crippen LogP) is 3.53. The minimum Gasteiger partial charge on any atom is -0.495 e. The number of aryl methyl sites for hydroxylation is 1. The van der Waals surface area contributed by atoms with Gasteiger partial charge in [-0.25, -0.2) is 0 Å². The quantitative estimate of drug-likeness (QED) is 0.850. The van der Waals surface area contributed by atoms with Crippen molar-refractivity contribution in [3.63, 3.8) is 0 Å². The standard InChI is InChI=1S/C15H14ClNO3/c1-19-12-6-2-4-10-5-3-8-17(13(10)12)15(18)11-7-9-20-14(11)16/h2,4,6-7,9H,3,5,8H2,1H3. The highest BCUT2D eigenvalue weighted by atomic mass is 35.5. The van der Waals surface area contributed by atoms with Crippen LogP contribution in [0.5, 0.6) is 5.75 Å². The number of nitrogens with zero attached hydrogens (tertiary/aromatic N) is 1. The number of methoxy groups -OCH3 is 1. The number of halogens is 1. The summed E-state index contributed by atoms with van der Waals surface area (Å²) < 4.78 is 10.4. The van der Waals surface area contributed by atoms with Crippen LogP contribution >= 0.6 is 11.6 Å². The van der Waals surface area contributed by atoms with Crippen molar-refractivity contribution >= 4 is 23.2 Å². The molecule has 104 valence electrons. The van der Waals surface area contributed by atoms with Crippen molar-refractivity contribution in [2.75, 3.05) is 18.6 Å². The van der Waals surface area contributed by atoms with E-state index in [0.29, 0.717) is 17.9 Å². The Hall–Kier alpha value is -1.94. The first-order chi connectivity index (χ1) is 9.72. The first-order valence-electron chi connectivity index (χ1n) is 6.43. The lowest BCUT2D eigenvalue weighted by molar-refractivity contribution is 0.0984. The van der Waals surface area contributed by atoms with Gasteiger partial charge in [-0.1, -0.05) is 12.1 Å². The second kappa shape index (κ2) is 5.21. The molecule has 0 fully saturated rings. The molecule has 1 amide bonds. The van der Waals surface area contributed by atoms with E-state index in [-0.39, 0.29) is 11.1 Å². The molecule has 5 heteroatoms. The van der Waals surface area contributed by atoms with E-state index >= 15 is 0 Å². The molecular weight excluding hydrogens is 278 g/mol. The van der Waals surface area contributed by atoms with Gasteiger partial charge in [0.2, 0.25) is 5.22 Å². The third-order valence-corrected chi connectivity index (χ3v) is 3.79. The zero-order valence-corrected chi connectivity index (χ0v) is 11.8. The molecule has 0 spiro atoms. The fourth-order valence-corrected chi connectivity index (χ4v) is 2.77. The Bertz CT molecular complexity index is 636. The molecule has 0 radical (unpaired) electrons. The number of benzene rings is 1. The highest BCUT2D eigenvalue weighted by Crippen LogP contribution is 2.37. The molecule has 0 saturated heterocycles. The molecular formula is C15H14ClNO3. The van der Waals surface area contributed by atoms with Gasteiger partial charge in [0.15, 0.2) is 0 Å².